The largest absolute Gasteiger partial charge is 0.507 e. The van der Waals surface area contributed by atoms with E-state index in [1.807, 2.05) is 62.4 Å². The third kappa shape index (κ3) is 9.27. The maximum absolute atomic E-state index is 10.7. The van der Waals surface area contributed by atoms with Crippen LogP contribution < -0.4 is 0 Å². The van der Waals surface area contributed by atoms with Crippen molar-refractivity contribution in [1.29, 1.82) is 0 Å². The standard InChI is InChI=1S/C39H46N2O2S2/c1-26-20-30(38(3,4)5)22-28(36(26)42)24-40-32-14-9-11-16-34(32)44-18-13-19-45-35-17-12-10-15-33(35)41-25-29-23-31(39(6,7)8)21-27(2)37(29)43/h9-12,14-17,20-25,42-43H,13,18-19H2,1-8H3. The summed E-state index contributed by atoms with van der Waals surface area (Å²) in [6, 6.07) is 24.5. The van der Waals surface area contributed by atoms with Crippen molar-refractivity contribution in [2.75, 3.05) is 11.5 Å². The van der Waals surface area contributed by atoms with Gasteiger partial charge in [-0.25, -0.2) is 0 Å². The summed E-state index contributed by atoms with van der Waals surface area (Å²) >= 11 is 3.61. The molecule has 0 fully saturated rings. The lowest BCUT2D eigenvalue weighted by Crippen LogP contribution is -2.12. The highest BCUT2D eigenvalue weighted by molar-refractivity contribution is 8.00. The Morgan fingerprint density at radius 1 is 0.600 bits per heavy atom. The highest BCUT2D eigenvalue weighted by atomic mass is 32.2. The van der Waals surface area contributed by atoms with Crippen molar-refractivity contribution in [1.82, 2.24) is 0 Å². The first-order valence-corrected chi connectivity index (χ1v) is 17.4. The third-order valence-electron chi connectivity index (χ3n) is 7.61. The molecule has 0 unspecified atom stereocenters. The van der Waals surface area contributed by atoms with Gasteiger partial charge in [-0.3, -0.25) is 9.98 Å². The van der Waals surface area contributed by atoms with E-state index in [0.29, 0.717) is 0 Å². The number of aryl methyl sites for hydroxylation is 2. The summed E-state index contributed by atoms with van der Waals surface area (Å²) < 4.78 is 0. The fraction of sp³-hybridized carbons (Fsp3) is 0.333. The molecule has 2 N–H and O–H groups in total. The zero-order chi connectivity index (χ0) is 32.8. The Morgan fingerprint density at radius 3 is 1.36 bits per heavy atom. The lowest BCUT2D eigenvalue weighted by molar-refractivity contribution is 0.468. The lowest BCUT2D eigenvalue weighted by atomic mass is 9.85. The summed E-state index contributed by atoms with van der Waals surface area (Å²) in [5.41, 5.74) is 7.33. The molecule has 4 aromatic carbocycles. The van der Waals surface area contributed by atoms with E-state index >= 15 is 0 Å². The Morgan fingerprint density at radius 2 is 0.978 bits per heavy atom. The molecule has 6 heteroatoms. The van der Waals surface area contributed by atoms with Gasteiger partial charge in [-0.1, -0.05) is 77.9 Å². The third-order valence-corrected chi connectivity index (χ3v) is 9.91. The van der Waals surface area contributed by atoms with E-state index in [2.05, 4.69) is 65.8 Å². The molecule has 0 aliphatic carbocycles. The number of nitrogens with zero attached hydrogens (tertiary/aromatic N) is 2. The Kier molecular flexibility index (Phi) is 11.3. The minimum Gasteiger partial charge on any atom is -0.507 e. The van der Waals surface area contributed by atoms with Gasteiger partial charge in [-0.15, -0.1) is 23.5 Å². The van der Waals surface area contributed by atoms with Crippen molar-refractivity contribution >= 4 is 47.3 Å². The minimum atomic E-state index is -0.0141. The molecule has 4 aromatic rings. The molecule has 0 aliphatic rings. The van der Waals surface area contributed by atoms with E-state index in [1.165, 1.54) is 11.1 Å². The van der Waals surface area contributed by atoms with Crippen molar-refractivity contribution in [3.05, 3.63) is 106 Å². The summed E-state index contributed by atoms with van der Waals surface area (Å²) in [4.78, 5) is 11.8. The Balaban J connectivity index is 1.39. The second-order valence-electron chi connectivity index (χ2n) is 13.5. The molecule has 0 saturated carbocycles. The predicted molar refractivity (Wildman–Crippen MR) is 197 cm³/mol. The average molecular weight is 639 g/mol. The number of rotatable bonds is 10. The second-order valence-corrected chi connectivity index (χ2v) is 15.7. The monoisotopic (exact) mass is 638 g/mol. The van der Waals surface area contributed by atoms with Crippen molar-refractivity contribution in [2.24, 2.45) is 9.98 Å². The predicted octanol–water partition coefficient (Wildman–Crippen LogP) is 11.1. The van der Waals surface area contributed by atoms with Gasteiger partial charge in [0.1, 0.15) is 11.5 Å². The number of para-hydroxylation sites is 2. The Labute approximate surface area is 278 Å². The van der Waals surface area contributed by atoms with E-state index < -0.39 is 0 Å². The van der Waals surface area contributed by atoms with E-state index in [4.69, 9.17) is 9.98 Å². The quantitative estimate of drug-likeness (QED) is 0.103. The molecule has 0 heterocycles. The molecule has 236 valence electrons. The maximum atomic E-state index is 10.7. The molecule has 0 aliphatic heterocycles. The molecule has 0 amide bonds. The molecular formula is C39H46N2O2S2. The van der Waals surface area contributed by atoms with E-state index in [-0.39, 0.29) is 22.3 Å². The van der Waals surface area contributed by atoms with Crippen LogP contribution >= 0.6 is 23.5 Å². The van der Waals surface area contributed by atoms with Crippen LogP contribution in [0.1, 0.15) is 81.3 Å². The summed E-state index contributed by atoms with van der Waals surface area (Å²) in [6.07, 6.45) is 4.59. The number of aliphatic imine (C=N–C) groups is 2. The van der Waals surface area contributed by atoms with Crippen LogP contribution in [0.2, 0.25) is 0 Å². The van der Waals surface area contributed by atoms with Gasteiger partial charge in [-0.2, -0.15) is 0 Å². The van der Waals surface area contributed by atoms with Crippen LogP contribution in [0, 0.1) is 13.8 Å². The van der Waals surface area contributed by atoms with Crippen LogP contribution in [0.15, 0.2) is 92.6 Å². The van der Waals surface area contributed by atoms with Gasteiger partial charge < -0.3 is 10.2 Å². The topological polar surface area (TPSA) is 65.2 Å². The zero-order valence-corrected chi connectivity index (χ0v) is 29.4. The van der Waals surface area contributed by atoms with Crippen LogP contribution in [-0.4, -0.2) is 34.1 Å². The Hall–Kier alpha value is -3.48. The average Bonchev–Trinajstić information content (AvgIpc) is 2.98. The number of aromatic hydroxyl groups is 2. The highest BCUT2D eigenvalue weighted by Crippen LogP contribution is 2.35. The Bertz CT molecular complexity index is 1570. The van der Waals surface area contributed by atoms with E-state index in [9.17, 15) is 10.2 Å². The molecule has 0 spiro atoms. The zero-order valence-electron chi connectivity index (χ0n) is 27.8. The fourth-order valence-electron chi connectivity index (χ4n) is 4.75. The van der Waals surface area contributed by atoms with Gasteiger partial charge in [0.25, 0.3) is 0 Å². The number of hydrogen-bond acceptors (Lipinski definition) is 6. The van der Waals surface area contributed by atoms with Crippen molar-refractivity contribution in [2.45, 2.75) is 82.4 Å². The smallest absolute Gasteiger partial charge is 0.127 e. The van der Waals surface area contributed by atoms with Crippen LogP contribution in [0.25, 0.3) is 0 Å². The highest BCUT2D eigenvalue weighted by Gasteiger charge is 2.18. The lowest BCUT2D eigenvalue weighted by Gasteiger charge is -2.21. The van der Waals surface area contributed by atoms with Crippen molar-refractivity contribution in [3.63, 3.8) is 0 Å². The fourth-order valence-corrected chi connectivity index (χ4v) is 6.84. The number of hydrogen-bond donors (Lipinski definition) is 2. The minimum absolute atomic E-state index is 0.0141. The van der Waals surface area contributed by atoms with Gasteiger partial charge in [-0.05, 0) is 101 Å². The number of phenols is 2. The van der Waals surface area contributed by atoms with E-state index in [0.717, 1.165) is 61.3 Å². The van der Waals surface area contributed by atoms with Crippen molar-refractivity contribution < 1.29 is 10.2 Å². The van der Waals surface area contributed by atoms with Gasteiger partial charge >= 0.3 is 0 Å². The van der Waals surface area contributed by atoms with Gasteiger partial charge in [0.15, 0.2) is 0 Å². The van der Waals surface area contributed by atoms with Crippen LogP contribution in [0.4, 0.5) is 11.4 Å². The van der Waals surface area contributed by atoms with Gasteiger partial charge in [0.05, 0.1) is 11.4 Å². The molecule has 0 aromatic heterocycles. The summed E-state index contributed by atoms with van der Waals surface area (Å²) in [5, 5.41) is 21.4. The van der Waals surface area contributed by atoms with Crippen LogP contribution in [0.5, 0.6) is 11.5 Å². The summed E-state index contributed by atoms with van der Waals surface area (Å²) in [6.45, 7) is 16.9. The molecule has 4 nitrogen and oxygen atoms in total. The maximum Gasteiger partial charge on any atom is 0.127 e. The van der Waals surface area contributed by atoms with Crippen molar-refractivity contribution in [3.8, 4) is 11.5 Å². The summed E-state index contributed by atoms with van der Waals surface area (Å²) in [7, 11) is 0. The first kappa shape index (κ1) is 34.4. The molecule has 0 atom stereocenters. The van der Waals surface area contributed by atoms with Crippen LogP contribution in [0.3, 0.4) is 0 Å². The molecule has 0 radical (unpaired) electrons. The first-order valence-electron chi connectivity index (χ1n) is 15.4. The number of benzene rings is 4. The number of thioether (sulfide) groups is 2. The number of phenolic OH excluding ortho intramolecular Hbond substituents is 2. The van der Waals surface area contributed by atoms with Crippen LogP contribution in [-0.2, 0) is 10.8 Å². The molecule has 0 saturated heterocycles. The first-order chi connectivity index (χ1) is 21.2. The second kappa shape index (κ2) is 14.7. The molecule has 0 bridgehead atoms. The molecular weight excluding hydrogens is 593 g/mol. The van der Waals surface area contributed by atoms with Gasteiger partial charge in [0, 0.05) is 33.3 Å². The van der Waals surface area contributed by atoms with E-state index in [1.54, 1.807) is 36.0 Å². The summed E-state index contributed by atoms with van der Waals surface area (Å²) in [5.74, 6) is 2.48. The SMILES string of the molecule is Cc1cc(C(C)(C)C)cc(C=Nc2ccccc2SCCCSc2ccccc2N=Cc2cc(C(C)(C)C)cc(C)c2O)c1O. The normalized spacial score (nSPS) is 12.4. The molecule has 45 heavy (non-hydrogen) atoms. The van der Waals surface area contributed by atoms with Gasteiger partial charge in [0.2, 0.25) is 0 Å². The molecule has 4 rings (SSSR count).